The number of rotatable bonds is 20. The Morgan fingerprint density at radius 1 is 0.464 bits per heavy atom. The Hall–Kier alpha value is -0.400. The summed E-state index contributed by atoms with van der Waals surface area (Å²) in [6.07, 6.45) is 0.594. The fourth-order valence-corrected chi connectivity index (χ4v) is 1.60. The van der Waals surface area contributed by atoms with Gasteiger partial charge in [0.15, 0.2) is 0 Å². The van der Waals surface area contributed by atoms with Gasteiger partial charge in [0.05, 0.1) is 99.1 Å². The van der Waals surface area contributed by atoms with Crippen LogP contribution in [0.5, 0.6) is 0 Å². The van der Waals surface area contributed by atoms with Crippen LogP contribution in [0.3, 0.4) is 0 Å². The average Bonchev–Trinajstić information content (AvgIpc) is 2.73. The maximum absolute atomic E-state index is 8.66. The van der Waals surface area contributed by atoms with Gasteiger partial charge >= 0.3 is 0 Å². The van der Waals surface area contributed by atoms with Crippen LogP contribution in [0.15, 0.2) is 0 Å². The summed E-state index contributed by atoms with van der Waals surface area (Å²) in [6.45, 7) is 6.16. The lowest BCUT2D eigenvalue weighted by Crippen LogP contribution is -2.32. The minimum Gasteiger partial charge on any atom is -0.396 e. The first-order chi connectivity index (χ1) is 13.7. The van der Waals surface area contributed by atoms with Gasteiger partial charge in [-0.05, 0) is 6.42 Å². The zero-order chi connectivity index (χ0) is 21.3. The van der Waals surface area contributed by atoms with E-state index in [1.807, 2.05) is 6.92 Å². The number of aliphatic hydroxyl groups excluding tert-OH is 5. The van der Waals surface area contributed by atoms with E-state index < -0.39 is 5.41 Å². The van der Waals surface area contributed by atoms with Crippen molar-refractivity contribution in [1.82, 2.24) is 0 Å². The highest BCUT2D eigenvalue weighted by Gasteiger charge is 2.24. The Kier molecular flexibility index (Phi) is 26.2. The summed E-state index contributed by atoms with van der Waals surface area (Å²) in [6, 6.07) is 0. The maximum Gasteiger partial charge on any atom is 0.0701 e. The van der Waals surface area contributed by atoms with Crippen LogP contribution in [0.25, 0.3) is 0 Å². The summed E-state index contributed by atoms with van der Waals surface area (Å²) in [5, 5.41) is 42.9. The quantitative estimate of drug-likeness (QED) is 0.147. The molecular formula is C18H40O10. The van der Waals surface area contributed by atoms with E-state index in [0.717, 1.165) is 0 Å². The zero-order valence-electron chi connectivity index (χ0n) is 17.1. The average molecular weight is 417 g/mol. The van der Waals surface area contributed by atoms with Crippen LogP contribution in [0.1, 0.15) is 13.3 Å². The van der Waals surface area contributed by atoms with Crippen LogP contribution in [-0.4, -0.2) is 125 Å². The molecule has 0 rings (SSSR count). The topological polar surface area (TPSA) is 147 Å². The second-order valence-electron chi connectivity index (χ2n) is 5.84. The molecule has 0 saturated carbocycles. The van der Waals surface area contributed by atoms with Gasteiger partial charge in [0.1, 0.15) is 0 Å². The highest BCUT2D eigenvalue weighted by atomic mass is 16.6. The van der Waals surface area contributed by atoms with Gasteiger partial charge in [0.25, 0.3) is 0 Å². The third kappa shape index (κ3) is 20.3. The molecule has 0 spiro atoms. The first kappa shape index (κ1) is 29.8. The van der Waals surface area contributed by atoms with Crippen molar-refractivity contribution >= 4 is 0 Å². The van der Waals surface area contributed by atoms with Gasteiger partial charge in [-0.25, -0.2) is 0 Å². The van der Waals surface area contributed by atoms with Crippen molar-refractivity contribution in [3.8, 4) is 0 Å². The number of ether oxygens (including phenoxy) is 5. The Bertz CT molecular complexity index is 244. The molecule has 0 aromatic heterocycles. The van der Waals surface area contributed by atoms with E-state index in [9.17, 15) is 0 Å². The normalized spacial score (nSPS) is 11.4. The van der Waals surface area contributed by atoms with E-state index in [4.69, 9.17) is 49.2 Å². The molecule has 0 aromatic carbocycles. The van der Waals surface area contributed by atoms with Crippen molar-refractivity contribution in [2.45, 2.75) is 13.3 Å². The van der Waals surface area contributed by atoms with E-state index >= 15 is 0 Å². The molecule has 0 aliphatic heterocycles. The third-order valence-corrected chi connectivity index (χ3v) is 3.72. The van der Waals surface area contributed by atoms with Crippen LogP contribution < -0.4 is 0 Å². The summed E-state index contributed by atoms with van der Waals surface area (Å²) < 4.78 is 25.8. The Morgan fingerprint density at radius 3 is 0.857 bits per heavy atom. The van der Waals surface area contributed by atoms with E-state index in [1.54, 1.807) is 0 Å². The summed E-state index contributed by atoms with van der Waals surface area (Å²) in [7, 11) is 0. The highest BCUT2D eigenvalue weighted by Crippen LogP contribution is 2.18. The smallest absolute Gasteiger partial charge is 0.0701 e. The largest absolute Gasteiger partial charge is 0.396 e. The molecule has 0 aliphatic rings. The molecule has 28 heavy (non-hydrogen) atoms. The van der Waals surface area contributed by atoms with Gasteiger partial charge in [-0.1, -0.05) is 6.92 Å². The van der Waals surface area contributed by atoms with Crippen molar-refractivity contribution in [3.63, 3.8) is 0 Å². The van der Waals surface area contributed by atoms with Crippen molar-refractivity contribution < 1.29 is 49.2 Å². The predicted octanol–water partition coefficient (Wildman–Crippen LogP) is -1.59. The molecule has 0 aromatic rings. The molecule has 0 atom stereocenters. The van der Waals surface area contributed by atoms with Crippen LogP contribution in [0.2, 0.25) is 0 Å². The molecule has 172 valence electrons. The summed E-state index contributed by atoms with van der Waals surface area (Å²) in [5.74, 6) is 0. The van der Waals surface area contributed by atoms with E-state index in [2.05, 4.69) is 0 Å². The van der Waals surface area contributed by atoms with Gasteiger partial charge < -0.3 is 49.2 Å². The van der Waals surface area contributed by atoms with Crippen molar-refractivity contribution in [3.05, 3.63) is 0 Å². The monoisotopic (exact) mass is 416 g/mol. The Morgan fingerprint density at radius 2 is 0.714 bits per heavy atom. The molecule has 0 amide bonds. The first-order valence-electron chi connectivity index (χ1n) is 9.59. The van der Waals surface area contributed by atoms with Gasteiger partial charge in [-0.2, -0.15) is 0 Å². The standard InChI is InChI=1S/C12H26O7.C6H14O3/c13-1-3-15-5-7-17-9-11-19-12-10-18-8-6-16-4-2-14;1-2-6(3-7,4-8)5-9/h13-14H,1-12H2;7-9H,2-5H2,1H3. The fourth-order valence-electron chi connectivity index (χ4n) is 1.60. The van der Waals surface area contributed by atoms with Gasteiger partial charge in [-0.15, -0.1) is 0 Å². The SMILES string of the molecule is CCC(CO)(CO)CO.OCCOCCOCCOCCOCCOCCO. The lowest BCUT2D eigenvalue weighted by Gasteiger charge is -2.24. The lowest BCUT2D eigenvalue weighted by molar-refractivity contribution is -0.0151. The number of aliphatic hydroxyl groups is 5. The third-order valence-electron chi connectivity index (χ3n) is 3.72. The Balaban J connectivity index is 0. The second kappa shape index (κ2) is 24.6. The molecule has 10 heteroatoms. The van der Waals surface area contributed by atoms with Gasteiger partial charge in [0, 0.05) is 5.41 Å². The van der Waals surface area contributed by atoms with Crippen molar-refractivity contribution in [1.29, 1.82) is 0 Å². The van der Waals surface area contributed by atoms with Gasteiger partial charge in [0.2, 0.25) is 0 Å². The molecule has 0 unspecified atom stereocenters. The van der Waals surface area contributed by atoms with Crippen LogP contribution in [0, 0.1) is 5.41 Å². The van der Waals surface area contributed by atoms with E-state index in [1.165, 1.54) is 0 Å². The van der Waals surface area contributed by atoms with E-state index in [0.29, 0.717) is 72.5 Å². The minimum absolute atomic E-state index is 0.0359. The molecule has 0 aliphatic carbocycles. The minimum atomic E-state index is -0.667. The fraction of sp³-hybridized carbons (Fsp3) is 1.00. The molecule has 0 bridgehead atoms. The van der Waals surface area contributed by atoms with Crippen LogP contribution in [-0.2, 0) is 23.7 Å². The molecule has 0 fully saturated rings. The van der Waals surface area contributed by atoms with Crippen molar-refractivity contribution in [2.75, 3.05) is 99.1 Å². The number of hydrogen-bond donors (Lipinski definition) is 5. The molecule has 0 radical (unpaired) electrons. The first-order valence-corrected chi connectivity index (χ1v) is 9.59. The number of hydrogen-bond acceptors (Lipinski definition) is 10. The zero-order valence-corrected chi connectivity index (χ0v) is 17.1. The van der Waals surface area contributed by atoms with Crippen LogP contribution in [0.4, 0.5) is 0 Å². The molecule has 10 nitrogen and oxygen atoms in total. The van der Waals surface area contributed by atoms with Crippen molar-refractivity contribution in [2.24, 2.45) is 5.41 Å². The highest BCUT2D eigenvalue weighted by molar-refractivity contribution is 4.74. The second-order valence-corrected chi connectivity index (χ2v) is 5.84. The lowest BCUT2D eigenvalue weighted by atomic mass is 9.88. The summed E-state index contributed by atoms with van der Waals surface area (Å²) in [5.41, 5.74) is -0.667. The summed E-state index contributed by atoms with van der Waals surface area (Å²) in [4.78, 5) is 0. The molecular weight excluding hydrogens is 376 g/mol. The maximum atomic E-state index is 8.66. The Labute approximate surface area is 167 Å². The predicted molar refractivity (Wildman–Crippen MR) is 102 cm³/mol. The molecule has 5 N–H and O–H groups in total. The van der Waals surface area contributed by atoms with Crippen LogP contribution >= 0.6 is 0 Å². The summed E-state index contributed by atoms with van der Waals surface area (Å²) >= 11 is 0. The molecule has 0 saturated heterocycles. The van der Waals surface area contributed by atoms with E-state index in [-0.39, 0.29) is 33.0 Å². The molecule has 0 heterocycles. The van der Waals surface area contributed by atoms with Gasteiger partial charge in [-0.3, -0.25) is 0 Å².